The van der Waals surface area contributed by atoms with Gasteiger partial charge in [-0.15, -0.1) is 10.2 Å². The average Bonchev–Trinajstić information content (AvgIpc) is 2.65. The second-order valence-electron chi connectivity index (χ2n) is 3.64. The maximum Gasteiger partial charge on any atom is 0.178 e. The molecule has 0 radical (unpaired) electrons. The molecular formula is C11H11IN2S. The number of hydrogen-bond donors (Lipinski definition) is 0. The van der Waals surface area contributed by atoms with Gasteiger partial charge in [0.1, 0.15) is 5.01 Å². The molecule has 0 bridgehead atoms. The summed E-state index contributed by atoms with van der Waals surface area (Å²) in [6, 6.07) is 8.56. The number of rotatable bonds is 2. The number of nitrogens with zero attached hydrogens (tertiary/aromatic N) is 2. The molecule has 1 aromatic heterocycles. The van der Waals surface area contributed by atoms with Crippen molar-refractivity contribution in [3.8, 4) is 10.6 Å². The minimum absolute atomic E-state index is 0.577. The molecule has 2 rings (SSSR count). The molecule has 2 nitrogen and oxygen atoms in total. The molecule has 0 unspecified atom stereocenters. The van der Waals surface area contributed by atoms with E-state index in [9.17, 15) is 0 Å². The van der Waals surface area contributed by atoms with Crippen molar-refractivity contribution < 1.29 is 0 Å². The molecule has 0 fully saturated rings. The fraction of sp³-hybridized carbons (Fsp3) is 0.273. The summed E-state index contributed by atoms with van der Waals surface area (Å²) >= 11 is 3.81. The van der Waals surface area contributed by atoms with Crippen molar-refractivity contribution in [1.29, 1.82) is 0 Å². The van der Waals surface area contributed by atoms with Crippen molar-refractivity contribution in [2.24, 2.45) is 0 Å². The quantitative estimate of drug-likeness (QED) is 0.780. The zero-order valence-electron chi connectivity index (χ0n) is 8.57. The van der Waals surface area contributed by atoms with Gasteiger partial charge in [0.25, 0.3) is 0 Å². The minimum atomic E-state index is 0.577. The van der Waals surface area contributed by atoms with Crippen molar-refractivity contribution in [3.63, 3.8) is 0 Å². The van der Waals surface area contributed by atoms with Gasteiger partial charge in [0, 0.05) is 5.56 Å². The van der Waals surface area contributed by atoms with E-state index in [-0.39, 0.29) is 0 Å². The SMILES string of the molecule is CC(C)c1ccc(-c2nnc(I)s2)cc1. The standard InChI is InChI=1S/C11H11IN2S/c1-7(2)8-3-5-9(6-4-8)10-13-14-11(12)15-10/h3-7H,1-2H3. The van der Waals surface area contributed by atoms with Gasteiger partial charge in [-0.1, -0.05) is 49.4 Å². The third kappa shape index (κ3) is 2.55. The maximum absolute atomic E-state index is 4.12. The van der Waals surface area contributed by atoms with Crippen LogP contribution in [0.5, 0.6) is 0 Å². The van der Waals surface area contributed by atoms with Gasteiger partial charge in [0.2, 0.25) is 0 Å². The molecule has 0 aliphatic rings. The zero-order chi connectivity index (χ0) is 10.8. The fourth-order valence-corrected chi connectivity index (χ4v) is 2.64. The van der Waals surface area contributed by atoms with Gasteiger partial charge in [-0.05, 0) is 34.1 Å². The van der Waals surface area contributed by atoms with Crippen molar-refractivity contribution in [1.82, 2.24) is 10.2 Å². The maximum atomic E-state index is 4.12. The Morgan fingerprint density at radius 3 is 2.27 bits per heavy atom. The molecule has 0 saturated heterocycles. The summed E-state index contributed by atoms with van der Waals surface area (Å²) in [4.78, 5) is 0. The summed E-state index contributed by atoms with van der Waals surface area (Å²) in [5, 5.41) is 9.12. The van der Waals surface area contributed by atoms with E-state index in [1.165, 1.54) is 5.56 Å². The molecule has 15 heavy (non-hydrogen) atoms. The number of aromatic nitrogens is 2. The van der Waals surface area contributed by atoms with Crippen molar-refractivity contribution in [2.45, 2.75) is 19.8 Å². The van der Waals surface area contributed by atoms with E-state index in [2.05, 4.69) is 70.9 Å². The molecule has 1 heterocycles. The smallest absolute Gasteiger partial charge is 0.137 e. The highest BCUT2D eigenvalue weighted by molar-refractivity contribution is 14.1. The second kappa shape index (κ2) is 4.57. The summed E-state index contributed by atoms with van der Waals surface area (Å²) in [5.74, 6) is 0.577. The lowest BCUT2D eigenvalue weighted by Crippen LogP contribution is -1.86. The Hall–Kier alpha value is -0.490. The van der Waals surface area contributed by atoms with E-state index in [0.717, 1.165) is 13.6 Å². The molecule has 0 atom stereocenters. The highest BCUT2D eigenvalue weighted by atomic mass is 127. The van der Waals surface area contributed by atoms with Crippen LogP contribution in [-0.2, 0) is 0 Å². The van der Waals surface area contributed by atoms with Crippen LogP contribution in [0, 0.1) is 3.01 Å². The molecule has 4 heteroatoms. The molecule has 0 N–H and O–H groups in total. The monoisotopic (exact) mass is 330 g/mol. The first-order valence-electron chi connectivity index (χ1n) is 4.76. The number of benzene rings is 1. The Morgan fingerprint density at radius 2 is 1.80 bits per heavy atom. The minimum Gasteiger partial charge on any atom is -0.137 e. The first kappa shape index (κ1) is 11.0. The summed E-state index contributed by atoms with van der Waals surface area (Å²) in [6.45, 7) is 4.39. The molecular weight excluding hydrogens is 319 g/mol. The Kier molecular flexibility index (Phi) is 3.35. The number of hydrogen-bond acceptors (Lipinski definition) is 3. The lowest BCUT2D eigenvalue weighted by Gasteiger charge is -2.04. The third-order valence-corrected chi connectivity index (χ3v) is 3.86. The van der Waals surface area contributed by atoms with Crippen LogP contribution in [0.4, 0.5) is 0 Å². The molecule has 0 aliphatic carbocycles. The molecule has 2 aromatic rings. The van der Waals surface area contributed by atoms with E-state index in [0.29, 0.717) is 5.92 Å². The van der Waals surface area contributed by atoms with Crippen molar-refractivity contribution >= 4 is 33.9 Å². The van der Waals surface area contributed by atoms with Crippen molar-refractivity contribution in [3.05, 3.63) is 32.8 Å². The summed E-state index contributed by atoms with van der Waals surface area (Å²) in [6.07, 6.45) is 0. The Bertz CT molecular complexity index is 448. The van der Waals surface area contributed by atoms with Gasteiger partial charge < -0.3 is 0 Å². The van der Waals surface area contributed by atoms with Gasteiger partial charge >= 0.3 is 0 Å². The van der Waals surface area contributed by atoms with Crippen LogP contribution in [-0.4, -0.2) is 10.2 Å². The predicted octanol–water partition coefficient (Wildman–Crippen LogP) is 3.93. The summed E-state index contributed by atoms with van der Waals surface area (Å²) < 4.78 is 0.982. The molecule has 0 saturated carbocycles. The second-order valence-corrected chi connectivity index (χ2v) is 6.37. The van der Waals surface area contributed by atoms with Crippen LogP contribution in [0.15, 0.2) is 24.3 Å². The van der Waals surface area contributed by atoms with Crippen LogP contribution < -0.4 is 0 Å². The van der Waals surface area contributed by atoms with E-state index >= 15 is 0 Å². The molecule has 0 aliphatic heterocycles. The normalized spacial score (nSPS) is 10.9. The van der Waals surface area contributed by atoms with E-state index < -0.39 is 0 Å². The van der Waals surface area contributed by atoms with Gasteiger partial charge in [-0.25, -0.2) is 0 Å². The van der Waals surface area contributed by atoms with Gasteiger partial charge in [-0.3, -0.25) is 0 Å². The van der Waals surface area contributed by atoms with E-state index in [4.69, 9.17) is 0 Å². The molecule has 0 spiro atoms. The first-order valence-corrected chi connectivity index (χ1v) is 6.65. The lowest BCUT2D eigenvalue weighted by molar-refractivity contribution is 0.867. The van der Waals surface area contributed by atoms with Crippen LogP contribution in [0.25, 0.3) is 10.6 Å². The Labute approximate surface area is 107 Å². The topological polar surface area (TPSA) is 25.8 Å². The Morgan fingerprint density at radius 1 is 1.13 bits per heavy atom. The highest BCUT2D eigenvalue weighted by Gasteiger charge is 2.05. The highest BCUT2D eigenvalue weighted by Crippen LogP contribution is 2.25. The summed E-state index contributed by atoms with van der Waals surface area (Å²) in [7, 11) is 0. The number of halogens is 1. The predicted molar refractivity (Wildman–Crippen MR) is 72.2 cm³/mol. The molecule has 0 amide bonds. The van der Waals surface area contributed by atoms with Gasteiger partial charge in [0.05, 0.1) is 0 Å². The van der Waals surface area contributed by atoms with E-state index in [1.54, 1.807) is 11.3 Å². The molecule has 78 valence electrons. The first-order chi connectivity index (χ1) is 7.16. The van der Waals surface area contributed by atoms with Crippen LogP contribution in [0.3, 0.4) is 0 Å². The molecule has 1 aromatic carbocycles. The van der Waals surface area contributed by atoms with Crippen LogP contribution in [0.2, 0.25) is 0 Å². The Balaban J connectivity index is 2.31. The van der Waals surface area contributed by atoms with Gasteiger partial charge in [0.15, 0.2) is 3.01 Å². The zero-order valence-corrected chi connectivity index (χ0v) is 11.5. The fourth-order valence-electron chi connectivity index (χ4n) is 1.33. The van der Waals surface area contributed by atoms with Crippen LogP contribution in [0.1, 0.15) is 25.3 Å². The third-order valence-electron chi connectivity index (χ3n) is 2.22. The van der Waals surface area contributed by atoms with Crippen LogP contribution >= 0.6 is 33.9 Å². The average molecular weight is 330 g/mol. The lowest BCUT2D eigenvalue weighted by atomic mass is 10.0. The van der Waals surface area contributed by atoms with E-state index in [1.807, 2.05) is 0 Å². The summed E-state index contributed by atoms with van der Waals surface area (Å²) in [5.41, 5.74) is 2.51. The largest absolute Gasteiger partial charge is 0.178 e. The van der Waals surface area contributed by atoms with Crippen molar-refractivity contribution in [2.75, 3.05) is 0 Å². The van der Waals surface area contributed by atoms with Gasteiger partial charge in [-0.2, -0.15) is 0 Å².